The Labute approximate surface area is 123 Å². The molecule has 1 saturated carbocycles. The Kier molecular flexibility index (Phi) is 5.03. The van der Waals surface area contributed by atoms with Crippen LogP contribution in [0.4, 0.5) is 0 Å². The van der Waals surface area contributed by atoms with E-state index in [1.165, 1.54) is 14.2 Å². The lowest BCUT2D eigenvalue weighted by atomic mass is 10.1. The number of aliphatic hydroxyl groups is 2. The summed E-state index contributed by atoms with van der Waals surface area (Å²) >= 11 is 0. The van der Waals surface area contributed by atoms with Crippen molar-refractivity contribution in [3.05, 3.63) is 23.8 Å². The number of nitrogens with one attached hydrogen (secondary N) is 1. The molecule has 0 radical (unpaired) electrons. The molecule has 21 heavy (non-hydrogen) atoms. The van der Waals surface area contributed by atoms with E-state index >= 15 is 0 Å². The van der Waals surface area contributed by atoms with Crippen LogP contribution in [0.1, 0.15) is 23.2 Å². The first-order valence-corrected chi connectivity index (χ1v) is 6.90. The first-order valence-electron chi connectivity index (χ1n) is 6.90. The van der Waals surface area contributed by atoms with Crippen molar-refractivity contribution in [2.75, 3.05) is 20.8 Å². The Morgan fingerprint density at radius 2 is 1.86 bits per heavy atom. The number of carbonyl (C=O) groups excluding carboxylic acids is 1. The second-order valence-corrected chi connectivity index (χ2v) is 5.25. The number of hydrogen-bond acceptors (Lipinski definition) is 5. The minimum Gasteiger partial charge on any atom is -0.497 e. The minimum atomic E-state index is -0.569. The highest BCUT2D eigenvalue weighted by Crippen LogP contribution is 2.27. The fourth-order valence-corrected chi connectivity index (χ4v) is 2.62. The summed E-state index contributed by atoms with van der Waals surface area (Å²) < 4.78 is 10.3. The summed E-state index contributed by atoms with van der Waals surface area (Å²) in [4.78, 5) is 12.3. The Bertz CT molecular complexity index is 483. The van der Waals surface area contributed by atoms with Crippen LogP contribution in [-0.4, -0.2) is 49.1 Å². The van der Waals surface area contributed by atoms with Crippen LogP contribution in [0.2, 0.25) is 0 Å². The molecule has 1 amide bonds. The third kappa shape index (κ3) is 3.65. The van der Waals surface area contributed by atoms with Gasteiger partial charge in [0, 0.05) is 30.2 Å². The zero-order chi connectivity index (χ0) is 15.4. The first-order chi connectivity index (χ1) is 10.1. The van der Waals surface area contributed by atoms with Crippen molar-refractivity contribution in [1.29, 1.82) is 0 Å². The van der Waals surface area contributed by atoms with Gasteiger partial charge in [-0.05, 0) is 25.0 Å². The maximum atomic E-state index is 12.3. The van der Waals surface area contributed by atoms with Gasteiger partial charge in [-0.15, -0.1) is 0 Å². The molecule has 1 aromatic carbocycles. The highest BCUT2D eigenvalue weighted by Gasteiger charge is 2.33. The molecule has 0 aliphatic heterocycles. The van der Waals surface area contributed by atoms with Crippen molar-refractivity contribution in [2.45, 2.75) is 25.0 Å². The minimum absolute atomic E-state index is 0.0689. The van der Waals surface area contributed by atoms with E-state index in [1.54, 1.807) is 18.2 Å². The lowest BCUT2D eigenvalue weighted by Gasteiger charge is -2.14. The first kappa shape index (κ1) is 15.6. The number of rotatable bonds is 5. The molecule has 6 nitrogen and oxygen atoms in total. The zero-order valence-electron chi connectivity index (χ0n) is 12.2. The van der Waals surface area contributed by atoms with Crippen molar-refractivity contribution < 1.29 is 24.5 Å². The molecule has 1 aliphatic carbocycles. The third-order valence-corrected chi connectivity index (χ3v) is 3.84. The molecule has 0 heterocycles. The topological polar surface area (TPSA) is 88.0 Å². The smallest absolute Gasteiger partial charge is 0.251 e. The summed E-state index contributed by atoms with van der Waals surface area (Å²) in [7, 11) is 3.05. The maximum Gasteiger partial charge on any atom is 0.251 e. The second kappa shape index (κ2) is 6.78. The predicted molar refractivity (Wildman–Crippen MR) is 76.6 cm³/mol. The van der Waals surface area contributed by atoms with E-state index in [0.717, 1.165) is 0 Å². The highest BCUT2D eigenvalue weighted by molar-refractivity contribution is 5.95. The summed E-state index contributed by atoms with van der Waals surface area (Å²) in [5, 5.41) is 21.8. The molecule has 0 bridgehead atoms. The molecule has 1 fully saturated rings. The average molecular weight is 295 g/mol. The van der Waals surface area contributed by atoms with E-state index in [9.17, 15) is 9.90 Å². The number of amides is 1. The Balaban J connectivity index is 2.07. The standard InChI is InChI=1S/C15H21NO5/c1-20-12-4-9(5-13(7-12)21-2)15(19)16-11-3-10(8-17)14(18)6-11/h4-5,7,10-11,14,17-18H,3,6,8H2,1-2H3,(H,16,19). The summed E-state index contributed by atoms with van der Waals surface area (Å²) in [6, 6.07) is 4.82. The third-order valence-electron chi connectivity index (χ3n) is 3.84. The molecule has 1 aliphatic rings. The van der Waals surface area contributed by atoms with Gasteiger partial charge in [0.2, 0.25) is 0 Å². The van der Waals surface area contributed by atoms with Crippen LogP contribution in [0.15, 0.2) is 18.2 Å². The van der Waals surface area contributed by atoms with Gasteiger partial charge in [0.05, 0.1) is 20.3 Å². The number of benzene rings is 1. The fraction of sp³-hybridized carbons (Fsp3) is 0.533. The fourth-order valence-electron chi connectivity index (χ4n) is 2.62. The number of aliphatic hydroxyl groups excluding tert-OH is 2. The van der Waals surface area contributed by atoms with E-state index < -0.39 is 6.10 Å². The van der Waals surface area contributed by atoms with E-state index in [0.29, 0.717) is 29.9 Å². The van der Waals surface area contributed by atoms with Gasteiger partial charge in [0.25, 0.3) is 5.91 Å². The van der Waals surface area contributed by atoms with Crippen molar-refractivity contribution in [1.82, 2.24) is 5.32 Å². The molecule has 0 spiro atoms. The van der Waals surface area contributed by atoms with Crippen molar-refractivity contribution in [3.8, 4) is 11.5 Å². The van der Waals surface area contributed by atoms with Crippen LogP contribution in [0, 0.1) is 5.92 Å². The molecule has 116 valence electrons. The quantitative estimate of drug-likeness (QED) is 0.739. The van der Waals surface area contributed by atoms with Gasteiger partial charge in [-0.3, -0.25) is 4.79 Å². The molecule has 3 atom stereocenters. The summed E-state index contributed by atoms with van der Waals surface area (Å²) in [6.07, 6.45) is 0.461. The summed E-state index contributed by atoms with van der Waals surface area (Å²) in [6.45, 7) is -0.0689. The molecule has 0 saturated heterocycles. The number of ether oxygens (including phenoxy) is 2. The largest absolute Gasteiger partial charge is 0.497 e. The maximum absolute atomic E-state index is 12.3. The number of methoxy groups -OCH3 is 2. The van der Waals surface area contributed by atoms with Gasteiger partial charge in [0.1, 0.15) is 11.5 Å². The van der Waals surface area contributed by atoms with E-state index in [-0.39, 0.29) is 24.5 Å². The molecule has 3 N–H and O–H groups in total. The van der Waals surface area contributed by atoms with Gasteiger partial charge in [-0.2, -0.15) is 0 Å². The van der Waals surface area contributed by atoms with Crippen molar-refractivity contribution >= 4 is 5.91 Å². The lowest BCUT2D eigenvalue weighted by molar-refractivity contribution is 0.0903. The SMILES string of the molecule is COc1cc(OC)cc(C(=O)NC2CC(O)C(CO)C2)c1. The van der Waals surface area contributed by atoms with Gasteiger partial charge in [-0.25, -0.2) is 0 Å². The van der Waals surface area contributed by atoms with E-state index in [2.05, 4.69) is 5.32 Å². The lowest BCUT2D eigenvalue weighted by Crippen LogP contribution is -2.33. The van der Waals surface area contributed by atoms with Gasteiger partial charge < -0.3 is 25.0 Å². The van der Waals surface area contributed by atoms with Crippen LogP contribution in [0.3, 0.4) is 0 Å². The second-order valence-electron chi connectivity index (χ2n) is 5.25. The monoisotopic (exact) mass is 295 g/mol. The Morgan fingerprint density at radius 3 is 2.33 bits per heavy atom. The van der Waals surface area contributed by atoms with Crippen molar-refractivity contribution in [3.63, 3.8) is 0 Å². The van der Waals surface area contributed by atoms with Gasteiger partial charge >= 0.3 is 0 Å². The van der Waals surface area contributed by atoms with E-state index in [1.807, 2.05) is 0 Å². The zero-order valence-corrected chi connectivity index (χ0v) is 12.2. The van der Waals surface area contributed by atoms with Crippen LogP contribution < -0.4 is 14.8 Å². The molecule has 2 rings (SSSR count). The molecular weight excluding hydrogens is 274 g/mol. The summed E-state index contributed by atoms with van der Waals surface area (Å²) in [5.74, 6) is 0.663. The summed E-state index contributed by atoms with van der Waals surface area (Å²) in [5.41, 5.74) is 0.438. The number of hydrogen-bond donors (Lipinski definition) is 3. The molecule has 3 unspecified atom stereocenters. The van der Waals surface area contributed by atoms with Crippen LogP contribution >= 0.6 is 0 Å². The molecule has 1 aromatic rings. The Hall–Kier alpha value is -1.79. The predicted octanol–water partition coefficient (Wildman–Crippen LogP) is 0.565. The molecule has 0 aromatic heterocycles. The van der Waals surface area contributed by atoms with Crippen LogP contribution in [0.5, 0.6) is 11.5 Å². The normalized spacial score (nSPS) is 24.7. The van der Waals surface area contributed by atoms with Gasteiger partial charge in [0.15, 0.2) is 0 Å². The number of carbonyl (C=O) groups is 1. The Morgan fingerprint density at radius 1 is 1.24 bits per heavy atom. The molecular formula is C15H21NO5. The average Bonchev–Trinajstić information content (AvgIpc) is 2.86. The van der Waals surface area contributed by atoms with E-state index in [4.69, 9.17) is 14.6 Å². The van der Waals surface area contributed by atoms with Gasteiger partial charge in [-0.1, -0.05) is 0 Å². The van der Waals surface area contributed by atoms with Crippen LogP contribution in [0.25, 0.3) is 0 Å². The van der Waals surface area contributed by atoms with Crippen molar-refractivity contribution in [2.24, 2.45) is 5.92 Å². The highest BCUT2D eigenvalue weighted by atomic mass is 16.5. The molecule has 6 heteroatoms. The van der Waals surface area contributed by atoms with Crippen LogP contribution in [-0.2, 0) is 0 Å².